The van der Waals surface area contributed by atoms with E-state index >= 15 is 0 Å². The molecule has 0 radical (unpaired) electrons. The van der Waals surface area contributed by atoms with Crippen LogP contribution in [0, 0.1) is 0 Å². The van der Waals surface area contributed by atoms with Crippen LogP contribution in [0.1, 0.15) is 11.6 Å². The molecule has 1 aromatic heterocycles. The van der Waals surface area contributed by atoms with Crippen molar-refractivity contribution in [2.45, 2.75) is 6.04 Å². The number of hydrogen-bond acceptors (Lipinski definition) is 2. The van der Waals surface area contributed by atoms with Gasteiger partial charge >= 0.3 is 0 Å². The normalized spacial score (nSPS) is 12.9. The van der Waals surface area contributed by atoms with Crippen LogP contribution in [0.2, 0.25) is 0 Å². The molecule has 2 rings (SSSR count). The monoisotopic (exact) mass is 188 g/mol. The summed E-state index contributed by atoms with van der Waals surface area (Å²) in [5.41, 5.74) is 2.06. The second-order valence-corrected chi connectivity index (χ2v) is 3.19. The quantitative estimate of drug-likeness (QED) is 0.719. The number of fused-ring (bicyclic) bond motifs is 1. The Balaban J connectivity index is 2.57. The van der Waals surface area contributed by atoms with Crippen LogP contribution < -0.4 is 5.32 Å². The molecule has 1 atom stereocenters. The van der Waals surface area contributed by atoms with Crippen molar-refractivity contribution < 1.29 is 4.79 Å². The third-order valence-electron chi connectivity index (χ3n) is 2.40. The average molecular weight is 188 g/mol. The minimum Gasteiger partial charge on any atom is -0.361 e. The lowest BCUT2D eigenvalue weighted by molar-refractivity contribution is -0.109. The minimum atomic E-state index is -0.230. The number of carbonyl (C=O) groups is 1. The Morgan fingerprint density at radius 1 is 1.43 bits per heavy atom. The lowest BCUT2D eigenvalue weighted by Crippen LogP contribution is -2.16. The fraction of sp³-hybridized carbons (Fsp3) is 0.182. The summed E-state index contributed by atoms with van der Waals surface area (Å²) in [4.78, 5) is 13.9. The van der Waals surface area contributed by atoms with Gasteiger partial charge in [0.2, 0.25) is 0 Å². The minimum absolute atomic E-state index is 0.230. The summed E-state index contributed by atoms with van der Waals surface area (Å²) >= 11 is 0. The van der Waals surface area contributed by atoms with Crippen LogP contribution in [0.3, 0.4) is 0 Å². The molecule has 0 aliphatic heterocycles. The van der Waals surface area contributed by atoms with E-state index in [-0.39, 0.29) is 6.04 Å². The van der Waals surface area contributed by atoms with Crippen molar-refractivity contribution in [1.29, 1.82) is 0 Å². The molecule has 2 aromatic rings. The maximum Gasteiger partial charge on any atom is 0.141 e. The highest BCUT2D eigenvalue weighted by molar-refractivity contribution is 5.86. The molecule has 72 valence electrons. The summed E-state index contributed by atoms with van der Waals surface area (Å²) in [6, 6.07) is 7.71. The van der Waals surface area contributed by atoms with Gasteiger partial charge < -0.3 is 15.1 Å². The van der Waals surface area contributed by atoms with Gasteiger partial charge in [0.25, 0.3) is 0 Å². The Morgan fingerprint density at radius 2 is 2.21 bits per heavy atom. The van der Waals surface area contributed by atoms with E-state index in [4.69, 9.17) is 0 Å². The molecule has 0 aliphatic carbocycles. The molecular weight excluding hydrogens is 176 g/mol. The van der Waals surface area contributed by atoms with E-state index < -0.39 is 0 Å². The molecule has 0 amide bonds. The molecule has 2 N–H and O–H groups in total. The summed E-state index contributed by atoms with van der Waals surface area (Å²) in [5.74, 6) is 0. The number of likely N-dealkylation sites (N-methyl/N-ethyl adjacent to an activating group) is 1. The number of hydrogen-bond donors (Lipinski definition) is 2. The Labute approximate surface area is 82.1 Å². The van der Waals surface area contributed by atoms with Crippen molar-refractivity contribution >= 4 is 17.2 Å². The number of carbonyl (C=O) groups excluding carboxylic acids is 1. The summed E-state index contributed by atoms with van der Waals surface area (Å²) in [7, 11) is 1.78. The van der Waals surface area contributed by atoms with Gasteiger partial charge in [0.15, 0.2) is 0 Å². The number of benzene rings is 1. The van der Waals surface area contributed by atoms with E-state index in [1.807, 2.05) is 30.5 Å². The highest BCUT2D eigenvalue weighted by Crippen LogP contribution is 2.22. The van der Waals surface area contributed by atoms with Gasteiger partial charge in [-0.25, -0.2) is 0 Å². The van der Waals surface area contributed by atoms with Gasteiger partial charge in [0.1, 0.15) is 6.29 Å². The second-order valence-electron chi connectivity index (χ2n) is 3.19. The zero-order valence-electron chi connectivity index (χ0n) is 7.95. The van der Waals surface area contributed by atoms with Crippen LogP contribution in [0.25, 0.3) is 10.9 Å². The number of aldehydes is 1. The molecule has 0 aliphatic rings. The number of para-hydroxylation sites is 1. The molecule has 1 aromatic carbocycles. The summed E-state index contributed by atoms with van der Waals surface area (Å²) < 4.78 is 0. The van der Waals surface area contributed by atoms with E-state index in [9.17, 15) is 4.79 Å². The van der Waals surface area contributed by atoms with E-state index in [2.05, 4.69) is 10.3 Å². The predicted molar refractivity (Wildman–Crippen MR) is 56.2 cm³/mol. The van der Waals surface area contributed by atoms with E-state index in [0.717, 1.165) is 22.8 Å². The van der Waals surface area contributed by atoms with Gasteiger partial charge in [-0.05, 0) is 13.1 Å². The maximum absolute atomic E-state index is 10.8. The summed E-state index contributed by atoms with van der Waals surface area (Å²) in [5, 5.41) is 4.05. The second kappa shape index (κ2) is 3.64. The third kappa shape index (κ3) is 1.32. The molecule has 14 heavy (non-hydrogen) atoms. The van der Waals surface area contributed by atoms with E-state index in [0.29, 0.717) is 0 Å². The van der Waals surface area contributed by atoms with Gasteiger partial charge in [-0.2, -0.15) is 0 Å². The number of H-pyrrole nitrogens is 1. The van der Waals surface area contributed by atoms with Crippen molar-refractivity contribution in [2.75, 3.05) is 7.05 Å². The van der Waals surface area contributed by atoms with Crippen molar-refractivity contribution in [2.24, 2.45) is 0 Å². The first-order valence-electron chi connectivity index (χ1n) is 4.55. The number of rotatable bonds is 3. The first-order chi connectivity index (χ1) is 6.86. The van der Waals surface area contributed by atoms with Gasteiger partial charge in [-0.1, -0.05) is 18.2 Å². The van der Waals surface area contributed by atoms with Crippen molar-refractivity contribution in [1.82, 2.24) is 10.3 Å². The van der Waals surface area contributed by atoms with E-state index in [1.54, 1.807) is 7.05 Å². The number of aromatic nitrogens is 1. The van der Waals surface area contributed by atoms with Crippen molar-refractivity contribution in [3.63, 3.8) is 0 Å². The Hall–Kier alpha value is -1.61. The molecule has 1 heterocycles. The summed E-state index contributed by atoms with van der Waals surface area (Å²) in [6.07, 6.45) is 2.79. The summed E-state index contributed by atoms with van der Waals surface area (Å²) in [6.45, 7) is 0. The van der Waals surface area contributed by atoms with Crippen LogP contribution in [0.15, 0.2) is 30.5 Å². The molecule has 3 heteroatoms. The van der Waals surface area contributed by atoms with Crippen molar-refractivity contribution in [3.05, 3.63) is 36.0 Å². The van der Waals surface area contributed by atoms with Crippen LogP contribution in [0.5, 0.6) is 0 Å². The molecule has 0 saturated carbocycles. The molecule has 1 unspecified atom stereocenters. The molecule has 0 bridgehead atoms. The van der Waals surface area contributed by atoms with Crippen LogP contribution in [-0.2, 0) is 4.79 Å². The fourth-order valence-electron chi connectivity index (χ4n) is 1.65. The van der Waals surface area contributed by atoms with Gasteiger partial charge in [0, 0.05) is 22.7 Å². The first kappa shape index (κ1) is 8.97. The highest BCUT2D eigenvalue weighted by atomic mass is 16.1. The molecule has 0 saturated heterocycles. The van der Waals surface area contributed by atoms with Crippen LogP contribution >= 0.6 is 0 Å². The number of aromatic amines is 1. The standard InChI is InChI=1S/C11H12N2O/c1-12-11(7-14)9-6-13-10-5-3-2-4-8(9)10/h2-7,11-13H,1H3. The predicted octanol–water partition coefficient (Wildman–Crippen LogP) is 1.63. The van der Waals surface area contributed by atoms with Gasteiger partial charge in [-0.3, -0.25) is 0 Å². The van der Waals surface area contributed by atoms with Gasteiger partial charge in [0.05, 0.1) is 6.04 Å². The van der Waals surface area contributed by atoms with Gasteiger partial charge in [-0.15, -0.1) is 0 Å². The Bertz CT molecular complexity index is 447. The largest absolute Gasteiger partial charge is 0.361 e. The van der Waals surface area contributed by atoms with E-state index in [1.165, 1.54) is 0 Å². The average Bonchev–Trinajstić information content (AvgIpc) is 2.65. The Morgan fingerprint density at radius 3 is 2.93 bits per heavy atom. The Kier molecular flexibility index (Phi) is 2.33. The fourth-order valence-corrected chi connectivity index (χ4v) is 1.65. The van der Waals surface area contributed by atoms with Crippen LogP contribution in [-0.4, -0.2) is 18.3 Å². The topological polar surface area (TPSA) is 44.9 Å². The lowest BCUT2D eigenvalue weighted by atomic mass is 10.1. The lowest BCUT2D eigenvalue weighted by Gasteiger charge is -2.06. The smallest absolute Gasteiger partial charge is 0.141 e. The molecule has 0 spiro atoms. The highest BCUT2D eigenvalue weighted by Gasteiger charge is 2.11. The zero-order chi connectivity index (χ0) is 9.97. The van der Waals surface area contributed by atoms with Crippen molar-refractivity contribution in [3.8, 4) is 0 Å². The third-order valence-corrected chi connectivity index (χ3v) is 2.40. The molecule has 0 fully saturated rings. The first-order valence-corrected chi connectivity index (χ1v) is 4.55. The number of nitrogens with one attached hydrogen (secondary N) is 2. The van der Waals surface area contributed by atoms with Crippen LogP contribution in [0.4, 0.5) is 0 Å². The molecular formula is C11H12N2O. The zero-order valence-corrected chi connectivity index (χ0v) is 7.95. The molecule has 3 nitrogen and oxygen atoms in total. The maximum atomic E-state index is 10.8. The SMILES string of the molecule is CNC(C=O)c1c[nH]c2ccccc12.